The first-order valence-electron chi connectivity index (χ1n) is 31.3. The van der Waals surface area contributed by atoms with Crippen LogP contribution >= 0.6 is 0 Å². The molecule has 0 bridgehead atoms. The van der Waals surface area contributed by atoms with E-state index in [-0.39, 0.29) is 48.0 Å². The molecule has 2 aliphatic heterocycles. The molecule has 92 heavy (non-hydrogen) atoms. The smallest absolute Gasteiger partial charge is 0.342 e. The second-order valence-corrected chi connectivity index (χ2v) is 30.8. The molecular weight excluding hydrogens is 1200 g/mol. The molecule has 2 unspecified atom stereocenters. The van der Waals surface area contributed by atoms with E-state index in [0.29, 0.717) is 53.2 Å². The number of aromatic carboxylic acids is 1. The second kappa shape index (κ2) is 34.1. The molecular formula is C71H92O20Si. The molecule has 2 aliphatic carbocycles. The summed E-state index contributed by atoms with van der Waals surface area (Å²) in [6, 6.07) is 24.8. The Labute approximate surface area is 541 Å². The summed E-state index contributed by atoms with van der Waals surface area (Å²) in [6.07, 6.45) is 15.4. The second-order valence-electron chi connectivity index (χ2n) is 25.2. The summed E-state index contributed by atoms with van der Waals surface area (Å²) in [5.74, 6) is -3.34. The van der Waals surface area contributed by atoms with Crippen LogP contribution in [0.2, 0.25) is 25.7 Å². The number of hydrogen-bond donors (Lipinski definition) is 3. The van der Waals surface area contributed by atoms with Gasteiger partial charge in [-0.1, -0.05) is 105 Å². The number of esters is 3. The van der Waals surface area contributed by atoms with Crippen LogP contribution in [0.3, 0.4) is 0 Å². The van der Waals surface area contributed by atoms with Crippen LogP contribution in [0.25, 0.3) is 12.2 Å². The minimum absolute atomic E-state index is 0.0295. The van der Waals surface area contributed by atoms with E-state index in [0.717, 1.165) is 44.6 Å². The molecule has 2 saturated carbocycles. The summed E-state index contributed by atoms with van der Waals surface area (Å²) in [4.78, 5) is 52.0. The van der Waals surface area contributed by atoms with Crippen LogP contribution in [0.4, 0.5) is 0 Å². The van der Waals surface area contributed by atoms with Gasteiger partial charge in [-0.15, -0.1) is 0 Å². The van der Waals surface area contributed by atoms with E-state index in [9.17, 15) is 34.5 Å². The van der Waals surface area contributed by atoms with Crippen molar-refractivity contribution in [1.29, 1.82) is 0 Å². The van der Waals surface area contributed by atoms with Crippen molar-refractivity contribution in [3.63, 3.8) is 0 Å². The van der Waals surface area contributed by atoms with E-state index in [4.69, 9.17) is 61.6 Å². The van der Waals surface area contributed by atoms with Crippen molar-refractivity contribution in [1.82, 2.24) is 0 Å². The molecule has 2 saturated heterocycles. The number of carbonyl (C=O) groups excluding carboxylic acids is 3. The van der Waals surface area contributed by atoms with Crippen LogP contribution in [0.15, 0.2) is 121 Å². The summed E-state index contributed by atoms with van der Waals surface area (Å²) in [5.41, 5.74) is 1.96. The molecule has 4 aromatic rings. The highest BCUT2D eigenvalue weighted by Gasteiger charge is 2.47. The van der Waals surface area contributed by atoms with Gasteiger partial charge in [0.15, 0.2) is 25.2 Å². The number of aliphatic hydroxyl groups excluding tert-OH is 2. The number of rotatable bonds is 29. The van der Waals surface area contributed by atoms with Gasteiger partial charge in [0.25, 0.3) is 0 Å². The van der Waals surface area contributed by atoms with Crippen molar-refractivity contribution in [3.05, 3.63) is 155 Å². The molecule has 3 N–H and O–H groups in total. The summed E-state index contributed by atoms with van der Waals surface area (Å²) in [6.45, 7) is 14.0. The zero-order chi connectivity index (χ0) is 66.6. The molecule has 4 fully saturated rings. The van der Waals surface area contributed by atoms with Gasteiger partial charge in [-0.3, -0.25) is 0 Å². The Morgan fingerprint density at radius 2 is 1.01 bits per heavy atom. The van der Waals surface area contributed by atoms with Crippen LogP contribution in [0.1, 0.15) is 132 Å². The standard InChI is InChI=1S/C38H52O10Si.C33H40O10/c1-38(2)47-32(35(48-38)31(20-19-26-15-11-17-30(26)39)46-36(40)27-13-9-8-10-14-27)18-12-16-28-23-29(43-4)24-33(45-25-42-3)34(28)37(41)44-21-22-49(5,6)7;1-33(2)42-27(15-9-13-23-18-24(39-4)19-28(40-20-38-3)29(23)31(35)36)30(43-33)26(17-16-21-12-8-14-25(21)34)41-32(37)22-10-6-5-7-11-22/h8-10,12-14,16,19-20,23-24,26,30-32,35,39H,11,15,17-18,21-22,25H2,1-7H3;5-7,9-11,13,16-19,21,25-27,30,34H,8,12,14-15,20H2,1-4H3,(H,35,36)/b16-12+,20-19-;13-9+,17-16-/t26-,30-,31?,32+,35-;21-,25-,26?,27+,30-/m11/s1. The number of ether oxygens (including phenoxy) is 13. The van der Waals surface area contributed by atoms with Crippen molar-refractivity contribution >= 4 is 44.1 Å². The van der Waals surface area contributed by atoms with Crippen molar-refractivity contribution in [2.75, 3.05) is 48.6 Å². The highest BCUT2D eigenvalue weighted by Crippen LogP contribution is 2.39. The highest BCUT2D eigenvalue weighted by molar-refractivity contribution is 6.76. The molecule has 4 aliphatic rings. The Morgan fingerprint density at radius 1 is 0.587 bits per heavy atom. The first-order chi connectivity index (χ1) is 43.9. The van der Waals surface area contributed by atoms with Gasteiger partial charge in [-0.05, 0) is 132 Å². The summed E-state index contributed by atoms with van der Waals surface area (Å²) in [5, 5.41) is 30.8. The van der Waals surface area contributed by atoms with Gasteiger partial charge in [0.1, 0.15) is 58.5 Å². The quantitative estimate of drug-likeness (QED) is 0.0150. The maximum absolute atomic E-state index is 13.5. The van der Waals surface area contributed by atoms with Crippen molar-refractivity contribution in [2.45, 2.75) is 165 Å². The van der Waals surface area contributed by atoms with Gasteiger partial charge in [0, 0.05) is 46.3 Å². The van der Waals surface area contributed by atoms with Gasteiger partial charge >= 0.3 is 23.9 Å². The lowest BCUT2D eigenvalue weighted by molar-refractivity contribution is -0.153. The molecule has 0 spiro atoms. The highest BCUT2D eigenvalue weighted by atomic mass is 28.3. The first-order valence-corrected chi connectivity index (χ1v) is 35.0. The maximum atomic E-state index is 13.5. The topological polar surface area (TPSA) is 249 Å². The molecule has 0 amide bonds. The van der Waals surface area contributed by atoms with E-state index in [2.05, 4.69) is 19.6 Å². The van der Waals surface area contributed by atoms with Crippen LogP contribution in [0.5, 0.6) is 23.0 Å². The molecule has 20 nitrogen and oxygen atoms in total. The Hall–Kier alpha value is -7.18. The normalized spacial score (nSPS) is 23.3. The predicted octanol–water partition coefficient (Wildman–Crippen LogP) is 12.3. The SMILES string of the molecule is COCOc1cc(OC)cc(/C=C/C[C@@H]2OC(C)(C)O[C@@H]2C(/C=C\[C@H]2CCC[C@H]2O)OC(=O)c2ccccc2)c1C(=O)O.COCOc1cc(OC)cc(/C=C/C[C@@H]2OC(C)(C)O[C@@H]2C(/C=C\[C@H]2CCC[C@H]2O)OC(=O)c2ccccc2)c1C(=O)OCC[Si](C)(C)C. The fourth-order valence-corrected chi connectivity index (χ4v) is 12.0. The summed E-state index contributed by atoms with van der Waals surface area (Å²) >= 11 is 0. The van der Waals surface area contributed by atoms with Gasteiger partial charge < -0.3 is 76.9 Å². The minimum atomic E-state index is -1.44. The maximum Gasteiger partial charge on any atom is 0.342 e. The molecule has 4 aromatic carbocycles. The van der Waals surface area contributed by atoms with Crippen LogP contribution in [-0.2, 0) is 42.6 Å². The average Bonchev–Trinajstić information content (AvgIpc) is 1.55. The largest absolute Gasteiger partial charge is 0.497 e. The third-order valence-electron chi connectivity index (χ3n) is 15.9. The van der Waals surface area contributed by atoms with Crippen LogP contribution in [-0.4, -0.2) is 156 Å². The molecule has 0 aromatic heterocycles. The number of carbonyl (C=O) groups is 4. The Balaban J connectivity index is 0.000000263. The lowest BCUT2D eigenvalue weighted by Gasteiger charge is -2.25. The fraction of sp³-hybridized carbons (Fsp3) is 0.493. The molecule has 0 radical (unpaired) electrons. The molecule has 10 atom stereocenters. The van der Waals surface area contributed by atoms with E-state index in [1.807, 2.05) is 50.3 Å². The van der Waals surface area contributed by atoms with Gasteiger partial charge in [0.2, 0.25) is 0 Å². The van der Waals surface area contributed by atoms with E-state index >= 15 is 0 Å². The molecule has 8 rings (SSSR count). The summed E-state index contributed by atoms with van der Waals surface area (Å²) < 4.78 is 75.2. The van der Waals surface area contributed by atoms with E-state index in [1.54, 1.807) is 112 Å². The van der Waals surface area contributed by atoms with Crippen molar-refractivity contribution < 1.29 is 96.1 Å². The van der Waals surface area contributed by atoms with Gasteiger partial charge in [0.05, 0.1) is 56.4 Å². The van der Waals surface area contributed by atoms with Crippen LogP contribution in [0, 0.1) is 11.8 Å². The van der Waals surface area contributed by atoms with E-state index < -0.39 is 92.4 Å². The zero-order valence-electron chi connectivity index (χ0n) is 54.7. The van der Waals surface area contributed by atoms with E-state index in [1.165, 1.54) is 27.4 Å². The predicted molar refractivity (Wildman–Crippen MR) is 348 cm³/mol. The Morgan fingerprint density at radius 3 is 1.39 bits per heavy atom. The number of hydrogen-bond acceptors (Lipinski definition) is 19. The lowest BCUT2D eigenvalue weighted by atomic mass is 9.99. The number of aliphatic hydroxyl groups is 2. The van der Waals surface area contributed by atoms with Crippen molar-refractivity contribution in [2.24, 2.45) is 11.8 Å². The fourth-order valence-electron chi connectivity index (χ4n) is 11.3. The number of carboxylic acid groups (broad SMARTS) is 1. The first kappa shape index (κ1) is 72.2. The Kier molecular flexibility index (Phi) is 26.8. The monoisotopic (exact) mass is 1290 g/mol. The molecule has 500 valence electrons. The number of benzene rings is 4. The number of carboxylic acids is 1. The molecule has 21 heteroatoms. The minimum Gasteiger partial charge on any atom is -0.497 e. The third-order valence-corrected chi connectivity index (χ3v) is 17.6. The molecule has 2 heterocycles. The Bertz CT molecular complexity index is 3170. The average molecular weight is 1290 g/mol. The summed E-state index contributed by atoms with van der Waals surface area (Å²) in [7, 11) is 4.53. The zero-order valence-corrected chi connectivity index (χ0v) is 55.7. The number of methoxy groups -OCH3 is 4. The van der Waals surface area contributed by atoms with Gasteiger partial charge in [-0.2, -0.15) is 0 Å². The lowest BCUT2D eigenvalue weighted by Crippen LogP contribution is -2.37. The third kappa shape index (κ3) is 21.2. The van der Waals surface area contributed by atoms with Crippen molar-refractivity contribution in [3.8, 4) is 23.0 Å². The van der Waals surface area contributed by atoms with Crippen LogP contribution < -0.4 is 18.9 Å². The van der Waals surface area contributed by atoms with Gasteiger partial charge in [-0.25, -0.2) is 19.2 Å².